The molecule has 1 aliphatic heterocycles. The van der Waals surface area contributed by atoms with Gasteiger partial charge in [0, 0.05) is 32.4 Å². The third kappa shape index (κ3) is 6.34. The van der Waals surface area contributed by atoms with Crippen molar-refractivity contribution in [2.45, 2.75) is 26.4 Å². The molecule has 2 heterocycles. The van der Waals surface area contributed by atoms with Crippen molar-refractivity contribution in [1.29, 1.82) is 0 Å². The molecular weight excluding hydrogens is 434 g/mol. The highest BCUT2D eigenvalue weighted by Gasteiger charge is 2.28. The number of aromatic nitrogens is 1. The Bertz CT molecular complexity index is 983. The van der Waals surface area contributed by atoms with Crippen molar-refractivity contribution < 1.29 is 19.1 Å². The van der Waals surface area contributed by atoms with E-state index < -0.39 is 17.6 Å². The average molecular weight is 460 g/mol. The number of urea groups is 1. The number of piperazine rings is 1. The van der Waals surface area contributed by atoms with E-state index in [0.717, 1.165) is 0 Å². The van der Waals surface area contributed by atoms with Crippen LogP contribution in [0, 0.1) is 0 Å². The zero-order valence-electron chi connectivity index (χ0n) is 18.2. The summed E-state index contributed by atoms with van der Waals surface area (Å²) in [6, 6.07) is 9.56. The van der Waals surface area contributed by atoms with Gasteiger partial charge in [0.05, 0.1) is 16.3 Å². The van der Waals surface area contributed by atoms with Gasteiger partial charge in [0.2, 0.25) is 0 Å². The molecule has 3 rings (SSSR count). The lowest BCUT2D eigenvalue weighted by molar-refractivity contribution is 0.0174. The van der Waals surface area contributed by atoms with Crippen LogP contribution in [0.5, 0.6) is 0 Å². The Morgan fingerprint density at radius 2 is 1.62 bits per heavy atom. The lowest BCUT2D eigenvalue weighted by Gasteiger charge is -2.35. The molecule has 32 heavy (non-hydrogen) atoms. The van der Waals surface area contributed by atoms with Crippen molar-refractivity contribution in [2.24, 2.45) is 0 Å². The van der Waals surface area contributed by atoms with Gasteiger partial charge in [0.15, 0.2) is 0 Å². The van der Waals surface area contributed by atoms with Gasteiger partial charge in [-0.05, 0) is 45.0 Å². The molecule has 170 valence electrons. The lowest BCUT2D eigenvalue weighted by Crippen LogP contribution is -2.52. The molecule has 4 amide bonds. The van der Waals surface area contributed by atoms with Crippen molar-refractivity contribution >= 4 is 41.1 Å². The Balaban J connectivity index is 1.60. The summed E-state index contributed by atoms with van der Waals surface area (Å²) < 4.78 is 5.38. The second-order valence-corrected chi connectivity index (χ2v) is 8.68. The van der Waals surface area contributed by atoms with Gasteiger partial charge in [-0.15, -0.1) is 0 Å². The summed E-state index contributed by atoms with van der Waals surface area (Å²) >= 11 is 5.82. The zero-order chi connectivity index (χ0) is 23.3. The van der Waals surface area contributed by atoms with E-state index >= 15 is 0 Å². The molecule has 1 fully saturated rings. The Morgan fingerprint density at radius 3 is 2.25 bits per heavy atom. The van der Waals surface area contributed by atoms with E-state index in [2.05, 4.69) is 15.6 Å². The number of nitrogens with one attached hydrogen (secondary N) is 2. The van der Waals surface area contributed by atoms with E-state index in [-0.39, 0.29) is 6.03 Å². The number of amides is 4. The minimum atomic E-state index is -0.572. The number of ether oxygens (including phenoxy) is 1. The van der Waals surface area contributed by atoms with Gasteiger partial charge < -0.3 is 25.2 Å². The number of halogens is 1. The molecular formula is C22H26ClN5O4. The molecule has 1 aliphatic rings. The van der Waals surface area contributed by atoms with Crippen LogP contribution in [0.1, 0.15) is 31.1 Å². The molecule has 2 aromatic rings. The van der Waals surface area contributed by atoms with Crippen LogP contribution in [-0.2, 0) is 4.74 Å². The number of rotatable bonds is 3. The average Bonchev–Trinajstić information content (AvgIpc) is 2.74. The number of anilines is 2. The zero-order valence-corrected chi connectivity index (χ0v) is 19.0. The lowest BCUT2D eigenvalue weighted by atomic mass is 10.1. The SMILES string of the molecule is CC(C)(C)OC(=O)N1CCN(C(=O)Nc2ccccc2C(=O)Nc2ccc(Cl)cn2)CC1. The third-order valence-electron chi connectivity index (χ3n) is 4.60. The molecule has 0 spiro atoms. The fourth-order valence-corrected chi connectivity index (χ4v) is 3.15. The highest BCUT2D eigenvalue weighted by Crippen LogP contribution is 2.19. The predicted molar refractivity (Wildman–Crippen MR) is 122 cm³/mol. The van der Waals surface area contributed by atoms with E-state index in [4.69, 9.17) is 16.3 Å². The van der Waals surface area contributed by atoms with Crippen molar-refractivity contribution in [3.63, 3.8) is 0 Å². The van der Waals surface area contributed by atoms with Crippen molar-refractivity contribution in [1.82, 2.24) is 14.8 Å². The van der Waals surface area contributed by atoms with Crippen LogP contribution in [0.2, 0.25) is 5.02 Å². The number of carbonyl (C=O) groups is 3. The molecule has 0 bridgehead atoms. The first-order chi connectivity index (χ1) is 15.1. The summed E-state index contributed by atoms with van der Waals surface area (Å²) in [5.41, 5.74) is 0.0979. The highest BCUT2D eigenvalue weighted by molar-refractivity contribution is 6.30. The smallest absolute Gasteiger partial charge is 0.410 e. The van der Waals surface area contributed by atoms with E-state index in [0.29, 0.717) is 48.3 Å². The third-order valence-corrected chi connectivity index (χ3v) is 4.82. The Labute approximate surface area is 191 Å². The number of hydrogen-bond donors (Lipinski definition) is 2. The van der Waals surface area contributed by atoms with E-state index in [1.165, 1.54) is 6.20 Å². The summed E-state index contributed by atoms with van der Waals surface area (Å²) in [7, 11) is 0. The van der Waals surface area contributed by atoms with Crippen LogP contribution in [0.25, 0.3) is 0 Å². The summed E-state index contributed by atoms with van der Waals surface area (Å²) in [5.74, 6) is -0.0655. The van der Waals surface area contributed by atoms with Crippen LogP contribution >= 0.6 is 11.6 Å². The highest BCUT2D eigenvalue weighted by atomic mass is 35.5. The first-order valence-electron chi connectivity index (χ1n) is 10.2. The molecule has 0 aliphatic carbocycles. The van der Waals surface area contributed by atoms with Crippen molar-refractivity contribution in [3.05, 3.63) is 53.2 Å². The van der Waals surface area contributed by atoms with Crippen LogP contribution in [0.15, 0.2) is 42.6 Å². The van der Waals surface area contributed by atoms with E-state index in [1.54, 1.807) is 46.2 Å². The summed E-state index contributed by atoms with van der Waals surface area (Å²) in [6.07, 6.45) is 1.04. The van der Waals surface area contributed by atoms with Gasteiger partial charge >= 0.3 is 12.1 Å². The van der Waals surface area contributed by atoms with E-state index in [1.807, 2.05) is 20.8 Å². The van der Waals surface area contributed by atoms with Crippen molar-refractivity contribution in [2.75, 3.05) is 36.8 Å². The normalized spacial score (nSPS) is 14.0. The maximum Gasteiger partial charge on any atom is 0.410 e. The maximum atomic E-state index is 12.8. The molecule has 0 atom stereocenters. The molecule has 10 heteroatoms. The number of para-hydroxylation sites is 1. The van der Waals surface area contributed by atoms with Crippen LogP contribution in [0.4, 0.5) is 21.1 Å². The van der Waals surface area contributed by atoms with Gasteiger partial charge in [-0.25, -0.2) is 14.6 Å². The number of hydrogen-bond acceptors (Lipinski definition) is 5. The first kappa shape index (κ1) is 23.3. The number of pyridine rings is 1. The quantitative estimate of drug-likeness (QED) is 0.719. The predicted octanol–water partition coefficient (Wildman–Crippen LogP) is 4.07. The first-order valence-corrected chi connectivity index (χ1v) is 10.6. The summed E-state index contributed by atoms with van der Waals surface area (Å²) in [4.78, 5) is 44.9. The Hall–Kier alpha value is -3.33. The fraction of sp³-hybridized carbons (Fsp3) is 0.364. The minimum absolute atomic E-state index is 0.296. The van der Waals surface area contributed by atoms with Crippen molar-refractivity contribution in [3.8, 4) is 0 Å². The molecule has 1 saturated heterocycles. The van der Waals surface area contributed by atoms with Gasteiger partial charge in [0.1, 0.15) is 11.4 Å². The number of benzene rings is 1. The monoisotopic (exact) mass is 459 g/mol. The molecule has 1 aromatic carbocycles. The maximum absolute atomic E-state index is 12.8. The second kappa shape index (κ2) is 9.86. The van der Waals surface area contributed by atoms with Crippen LogP contribution < -0.4 is 10.6 Å². The molecule has 2 N–H and O–H groups in total. The van der Waals surface area contributed by atoms with Gasteiger partial charge in [0.25, 0.3) is 5.91 Å². The standard InChI is InChI=1S/C22H26ClN5O4/c1-22(2,3)32-21(31)28-12-10-27(11-13-28)20(30)25-17-7-5-4-6-16(17)19(29)26-18-9-8-15(23)14-24-18/h4-9,14H,10-13H2,1-3H3,(H,25,30)(H,24,26,29). The van der Waals surface area contributed by atoms with E-state index in [9.17, 15) is 14.4 Å². The Kier molecular flexibility index (Phi) is 7.19. The number of nitrogens with zero attached hydrogens (tertiary/aromatic N) is 3. The molecule has 0 radical (unpaired) electrons. The van der Waals surface area contributed by atoms with Gasteiger partial charge in [-0.2, -0.15) is 0 Å². The summed E-state index contributed by atoms with van der Waals surface area (Å²) in [5, 5.41) is 5.93. The van der Waals surface area contributed by atoms with Gasteiger partial charge in [-0.3, -0.25) is 4.79 Å². The molecule has 9 nitrogen and oxygen atoms in total. The second-order valence-electron chi connectivity index (χ2n) is 8.25. The largest absolute Gasteiger partial charge is 0.444 e. The van der Waals surface area contributed by atoms with Gasteiger partial charge in [-0.1, -0.05) is 23.7 Å². The summed E-state index contributed by atoms with van der Waals surface area (Å²) in [6.45, 7) is 6.88. The fourth-order valence-electron chi connectivity index (χ4n) is 3.04. The van der Waals surface area contributed by atoms with Crippen LogP contribution in [-0.4, -0.2) is 64.6 Å². The topological polar surface area (TPSA) is 104 Å². The molecule has 1 aromatic heterocycles. The minimum Gasteiger partial charge on any atom is -0.444 e. The molecule has 0 unspecified atom stereocenters. The Morgan fingerprint density at radius 1 is 0.969 bits per heavy atom. The molecule has 0 saturated carbocycles. The van der Waals surface area contributed by atoms with Crippen LogP contribution in [0.3, 0.4) is 0 Å². The number of carbonyl (C=O) groups excluding carboxylic acids is 3.